The number of benzene rings is 2. The molecule has 0 bridgehead atoms. The van der Waals surface area contributed by atoms with Crippen molar-refractivity contribution in [2.45, 2.75) is 19.3 Å². The standard InChI is InChI=1S/C13H17F2NO.C13H13N5O2/c1-17-7-6-16-5-4-11(9-16)10-2-3-12(14)13(15)8-10;1-9-11(16-13(15)19)18(10-5-3-2-4-6-10)17-12(9)20-8-7-14/h2-3,8,11H,4-7,9H2,1H3;2-6H,8H2,1H3,(H3,15,16,19). The van der Waals surface area contributed by atoms with Gasteiger partial charge in [-0.2, -0.15) is 5.26 Å². The number of methoxy groups -OCH3 is 1. The number of ether oxygens (including phenoxy) is 2. The normalized spacial score (nSPS) is 14.9. The average molecular weight is 513 g/mol. The van der Waals surface area contributed by atoms with Gasteiger partial charge in [-0.3, -0.25) is 5.32 Å². The number of carbonyl (C=O) groups excluding carboxylic acids is 1. The minimum Gasteiger partial charge on any atom is -0.461 e. The van der Waals surface area contributed by atoms with Gasteiger partial charge in [-0.1, -0.05) is 24.3 Å². The molecule has 4 rings (SSSR count). The van der Waals surface area contributed by atoms with Crippen LogP contribution >= 0.6 is 0 Å². The highest BCUT2D eigenvalue weighted by Gasteiger charge is 2.24. The first-order valence-corrected chi connectivity index (χ1v) is 11.7. The summed E-state index contributed by atoms with van der Waals surface area (Å²) < 4.78 is 37.7. The number of likely N-dealkylation sites (tertiary alicyclic amines) is 1. The van der Waals surface area contributed by atoms with E-state index in [0.29, 0.717) is 23.9 Å². The minimum atomic E-state index is -0.775. The molecule has 1 atom stereocenters. The Balaban J connectivity index is 0.000000208. The molecule has 9 nitrogen and oxygen atoms in total. The van der Waals surface area contributed by atoms with Gasteiger partial charge in [-0.05, 0) is 55.6 Å². The van der Waals surface area contributed by atoms with Crippen LogP contribution in [0.1, 0.15) is 23.5 Å². The summed E-state index contributed by atoms with van der Waals surface area (Å²) in [7, 11) is 1.68. The molecule has 1 aliphatic rings. The van der Waals surface area contributed by atoms with Gasteiger partial charge < -0.3 is 20.1 Å². The predicted octanol–water partition coefficient (Wildman–Crippen LogP) is 3.97. The zero-order valence-electron chi connectivity index (χ0n) is 20.8. The van der Waals surface area contributed by atoms with Gasteiger partial charge in [0, 0.05) is 20.2 Å². The Morgan fingerprint density at radius 3 is 2.65 bits per heavy atom. The van der Waals surface area contributed by atoms with Gasteiger partial charge >= 0.3 is 6.03 Å². The maximum Gasteiger partial charge on any atom is 0.317 e. The summed E-state index contributed by atoms with van der Waals surface area (Å²) in [5.41, 5.74) is 7.40. The van der Waals surface area contributed by atoms with Crippen molar-refractivity contribution in [1.82, 2.24) is 14.7 Å². The molecule has 196 valence electrons. The zero-order chi connectivity index (χ0) is 26.8. The highest BCUT2D eigenvalue weighted by molar-refractivity contribution is 5.88. The molecule has 1 aliphatic heterocycles. The van der Waals surface area contributed by atoms with E-state index in [9.17, 15) is 13.6 Å². The fourth-order valence-corrected chi connectivity index (χ4v) is 4.03. The molecule has 11 heteroatoms. The second kappa shape index (κ2) is 13.3. The van der Waals surface area contributed by atoms with Crippen LogP contribution in [-0.2, 0) is 4.74 Å². The number of nitrogens with one attached hydrogen (secondary N) is 1. The minimum absolute atomic E-state index is 0.122. The Hall–Kier alpha value is -4.01. The maximum atomic E-state index is 13.1. The lowest BCUT2D eigenvalue weighted by Crippen LogP contribution is -2.24. The van der Waals surface area contributed by atoms with Crippen LogP contribution in [0.2, 0.25) is 0 Å². The highest BCUT2D eigenvalue weighted by atomic mass is 19.2. The van der Waals surface area contributed by atoms with Crippen molar-refractivity contribution in [1.29, 1.82) is 5.26 Å². The van der Waals surface area contributed by atoms with E-state index in [1.54, 1.807) is 20.1 Å². The Morgan fingerprint density at radius 1 is 1.24 bits per heavy atom. The summed E-state index contributed by atoms with van der Waals surface area (Å²) in [6.07, 6.45) is 0.995. The van der Waals surface area contributed by atoms with E-state index in [0.717, 1.165) is 37.3 Å². The van der Waals surface area contributed by atoms with E-state index in [2.05, 4.69) is 15.3 Å². The third-order valence-corrected chi connectivity index (χ3v) is 5.89. The SMILES string of the molecule is COCCN1CCC(c2ccc(F)c(F)c2)C1.Cc1c(OCC#N)nn(-c2ccccc2)c1NC(N)=O. The van der Waals surface area contributed by atoms with E-state index >= 15 is 0 Å². The number of para-hydroxylation sites is 1. The van der Waals surface area contributed by atoms with Crippen molar-refractivity contribution < 1.29 is 23.0 Å². The number of nitrogens with two attached hydrogens (primary N) is 1. The van der Waals surface area contributed by atoms with Crippen LogP contribution in [0.15, 0.2) is 48.5 Å². The Bertz CT molecular complexity index is 1230. The number of nitrogens with zero attached hydrogens (tertiary/aromatic N) is 4. The number of nitriles is 1. The summed E-state index contributed by atoms with van der Waals surface area (Å²) >= 11 is 0. The smallest absolute Gasteiger partial charge is 0.317 e. The molecule has 0 aliphatic carbocycles. The number of carbonyl (C=O) groups is 1. The second-order valence-electron chi connectivity index (χ2n) is 8.41. The van der Waals surface area contributed by atoms with Gasteiger partial charge in [0.05, 0.1) is 17.9 Å². The van der Waals surface area contributed by atoms with Crippen LogP contribution in [0.4, 0.5) is 19.4 Å². The Kier molecular flexibility index (Phi) is 9.94. The first kappa shape index (κ1) is 27.6. The molecule has 2 aromatic carbocycles. The molecule has 0 saturated carbocycles. The average Bonchev–Trinajstić information content (AvgIpc) is 3.49. The first-order valence-electron chi connectivity index (χ1n) is 11.7. The molecule has 37 heavy (non-hydrogen) atoms. The monoisotopic (exact) mass is 512 g/mol. The van der Waals surface area contributed by atoms with E-state index in [4.69, 9.17) is 20.5 Å². The van der Waals surface area contributed by atoms with Crippen LogP contribution < -0.4 is 15.8 Å². The fourth-order valence-electron chi connectivity index (χ4n) is 4.03. The van der Waals surface area contributed by atoms with Gasteiger partial charge in [-0.15, -0.1) is 5.10 Å². The molecule has 1 fully saturated rings. The number of halogens is 2. The molecule has 2 heterocycles. The largest absolute Gasteiger partial charge is 0.461 e. The van der Waals surface area contributed by atoms with Gasteiger partial charge in [-0.25, -0.2) is 18.3 Å². The van der Waals surface area contributed by atoms with Crippen LogP contribution in [-0.4, -0.2) is 60.7 Å². The number of hydrogen-bond donors (Lipinski definition) is 2. The van der Waals surface area contributed by atoms with Gasteiger partial charge in [0.1, 0.15) is 11.9 Å². The number of rotatable bonds is 8. The molecule has 1 saturated heterocycles. The summed E-state index contributed by atoms with van der Waals surface area (Å²) in [5, 5.41) is 15.3. The lowest BCUT2D eigenvalue weighted by atomic mass is 9.98. The van der Waals surface area contributed by atoms with Crippen molar-refractivity contribution in [2.75, 3.05) is 45.3 Å². The lowest BCUT2D eigenvalue weighted by molar-refractivity contribution is 0.160. The van der Waals surface area contributed by atoms with E-state index in [-0.39, 0.29) is 12.5 Å². The third kappa shape index (κ3) is 7.49. The third-order valence-electron chi connectivity index (χ3n) is 5.89. The van der Waals surface area contributed by atoms with E-state index in [1.165, 1.54) is 16.8 Å². The molecule has 2 amide bonds. The highest BCUT2D eigenvalue weighted by Crippen LogP contribution is 2.29. The number of primary amides is 1. The first-order chi connectivity index (χ1) is 17.8. The van der Waals surface area contributed by atoms with E-state index in [1.807, 2.05) is 36.4 Å². The molecule has 3 N–H and O–H groups in total. The van der Waals surface area contributed by atoms with E-state index < -0.39 is 17.7 Å². The van der Waals surface area contributed by atoms with Crippen LogP contribution in [0.5, 0.6) is 5.88 Å². The van der Waals surface area contributed by atoms with Crippen molar-refractivity contribution >= 4 is 11.8 Å². The quantitative estimate of drug-likeness (QED) is 0.472. The number of aromatic nitrogens is 2. The second-order valence-corrected chi connectivity index (χ2v) is 8.41. The zero-order valence-corrected chi connectivity index (χ0v) is 20.8. The summed E-state index contributed by atoms with van der Waals surface area (Å²) in [4.78, 5) is 13.4. The Labute approximate surface area is 214 Å². The molecule has 0 spiro atoms. The molecule has 0 radical (unpaired) electrons. The van der Waals surface area contributed by atoms with Crippen LogP contribution in [0, 0.1) is 29.9 Å². The van der Waals surface area contributed by atoms with Gasteiger partial charge in [0.15, 0.2) is 18.2 Å². The molecular weight excluding hydrogens is 482 g/mol. The van der Waals surface area contributed by atoms with Crippen molar-refractivity contribution in [3.05, 3.63) is 71.3 Å². The molecule has 3 aromatic rings. The van der Waals surface area contributed by atoms with Crippen molar-refractivity contribution in [3.63, 3.8) is 0 Å². The van der Waals surface area contributed by atoms with Gasteiger partial charge in [0.2, 0.25) is 5.88 Å². The summed E-state index contributed by atoms with van der Waals surface area (Å²) in [6.45, 7) is 5.11. The summed E-state index contributed by atoms with van der Waals surface area (Å²) in [5.74, 6) is -0.529. The lowest BCUT2D eigenvalue weighted by Gasteiger charge is -2.15. The maximum absolute atomic E-state index is 13.1. The molecular formula is C26H30F2N6O3. The number of hydrogen-bond acceptors (Lipinski definition) is 6. The van der Waals surface area contributed by atoms with Crippen molar-refractivity contribution in [2.24, 2.45) is 5.73 Å². The Morgan fingerprint density at radius 2 is 2.00 bits per heavy atom. The number of amides is 2. The van der Waals surface area contributed by atoms with Crippen LogP contribution in [0.25, 0.3) is 5.69 Å². The fraction of sp³-hybridized carbons (Fsp3) is 0.346. The topological polar surface area (TPSA) is 118 Å². The number of urea groups is 1. The van der Waals surface area contributed by atoms with Gasteiger partial charge in [0.25, 0.3) is 0 Å². The molecule has 1 aromatic heterocycles. The predicted molar refractivity (Wildman–Crippen MR) is 135 cm³/mol. The molecule has 1 unspecified atom stereocenters. The van der Waals surface area contributed by atoms with Crippen molar-refractivity contribution in [3.8, 4) is 17.6 Å². The van der Waals surface area contributed by atoms with Crippen LogP contribution in [0.3, 0.4) is 0 Å². The summed E-state index contributed by atoms with van der Waals surface area (Å²) in [6, 6.07) is 14.6. The number of anilines is 1.